The van der Waals surface area contributed by atoms with Crippen LogP contribution in [0.4, 0.5) is 0 Å². The van der Waals surface area contributed by atoms with Crippen molar-refractivity contribution in [2.24, 2.45) is 0 Å². The second-order valence-electron chi connectivity index (χ2n) is 3.86. The van der Waals surface area contributed by atoms with E-state index in [1.165, 1.54) is 18.4 Å². The Morgan fingerprint density at radius 3 is 2.78 bits per heavy atom. The maximum absolute atomic E-state index is 11.8. The molecule has 0 spiro atoms. The van der Waals surface area contributed by atoms with Crippen molar-refractivity contribution in [3.8, 4) is 16.2 Å². The van der Waals surface area contributed by atoms with Crippen molar-refractivity contribution in [3.63, 3.8) is 0 Å². The molecule has 4 heteroatoms. The van der Waals surface area contributed by atoms with Crippen LogP contribution in [-0.2, 0) is 11.2 Å². The Morgan fingerprint density at radius 2 is 2.22 bits per heavy atom. The predicted molar refractivity (Wildman–Crippen MR) is 72.1 cm³/mol. The minimum Gasteiger partial charge on any atom is -0.507 e. The number of hydrogen-bond donors (Lipinski definition) is 1. The molecule has 0 fully saturated rings. The number of rotatable bonds is 3. The van der Waals surface area contributed by atoms with Crippen molar-refractivity contribution in [2.45, 2.75) is 13.3 Å². The molecule has 0 aliphatic rings. The summed E-state index contributed by atoms with van der Waals surface area (Å²) in [5.41, 5.74) is 1.95. The molecule has 2 rings (SSSR count). The van der Waals surface area contributed by atoms with Crippen molar-refractivity contribution in [2.75, 3.05) is 7.11 Å². The third kappa shape index (κ3) is 2.24. The molecule has 0 amide bonds. The Hall–Kier alpha value is -1.81. The first-order valence-electron chi connectivity index (χ1n) is 5.65. The summed E-state index contributed by atoms with van der Waals surface area (Å²) in [6, 6.07) is 7.38. The standard InChI is InChI=1S/C14H14O3S/c1-3-9-7-10(12-5-4-6-18-12)13(11(15)8-9)14(16)17-2/h4-8,15H,3H2,1-2H3. The van der Waals surface area contributed by atoms with Gasteiger partial charge < -0.3 is 9.84 Å². The van der Waals surface area contributed by atoms with E-state index in [0.717, 1.165) is 22.4 Å². The van der Waals surface area contributed by atoms with E-state index < -0.39 is 5.97 Å². The summed E-state index contributed by atoms with van der Waals surface area (Å²) in [6.07, 6.45) is 0.799. The number of phenols is 1. The van der Waals surface area contributed by atoms with Crippen LogP contribution in [0.3, 0.4) is 0 Å². The predicted octanol–water partition coefficient (Wildman–Crippen LogP) is 3.47. The first-order valence-corrected chi connectivity index (χ1v) is 6.53. The van der Waals surface area contributed by atoms with E-state index in [1.54, 1.807) is 6.07 Å². The summed E-state index contributed by atoms with van der Waals surface area (Å²) in [6.45, 7) is 2.00. The van der Waals surface area contributed by atoms with Crippen LogP contribution in [-0.4, -0.2) is 18.2 Å². The number of methoxy groups -OCH3 is 1. The second kappa shape index (κ2) is 5.23. The van der Waals surface area contributed by atoms with Gasteiger partial charge in [0, 0.05) is 10.4 Å². The highest BCUT2D eigenvalue weighted by Gasteiger charge is 2.19. The first kappa shape index (κ1) is 12.6. The van der Waals surface area contributed by atoms with Gasteiger partial charge in [0.25, 0.3) is 0 Å². The summed E-state index contributed by atoms with van der Waals surface area (Å²) in [4.78, 5) is 12.7. The molecule has 0 atom stereocenters. The Balaban J connectivity index is 2.67. The molecule has 3 nitrogen and oxygen atoms in total. The maximum Gasteiger partial charge on any atom is 0.342 e. The Bertz CT molecular complexity index is 559. The van der Waals surface area contributed by atoms with E-state index in [1.807, 2.05) is 30.5 Å². The largest absolute Gasteiger partial charge is 0.507 e. The average molecular weight is 262 g/mol. The lowest BCUT2D eigenvalue weighted by molar-refractivity contribution is 0.0598. The van der Waals surface area contributed by atoms with Gasteiger partial charge in [-0.2, -0.15) is 0 Å². The normalized spacial score (nSPS) is 10.3. The average Bonchev–Trinajstić information content (AvgIpc) is 2.90. The number of aromatic hydroxyl groups is 1. The zero-order chi connectivity index (χ0) is 13.1. The fraction of sp³-hybridized carbons (Fsp3) is 0.214. The smallest absolute Gasteiger partial charge is 0.342 e. The molecule has 0 bridgehead atoms. The second-order valence-corrected chi connectivity index (χ2v) is 4.81. The van der Waals surface area contributed by atoms with E-state index in [-0.39, 0.29) is 11.3 Å². The molecule has 18 heavy (non-hydrogen) atoms. The van der Waals surface area contributed by atoms with Gasteiger partial charge in [-0.1, -0.05) is 13.0 Å². The highest BCUT2D eigenvalue weighted by Crippen LogP contribution is 2.35. The molecule has 1 N–H and O–H groups in total. The minimum absolute atomic E-state index is 0.0235. The van der Waals surface area contributed by atoms with Crippen molar-refractivity contribution in [1.29, 1.82) is 0 Å². The maximum atomic E-state index is 11.8. The van der Waals surface area contributed by atoms with Gasteiger partial charge in [-0.3, -0.25) is 0 Å². The van der Waals surface area contributed by atoms with E-state index in [4.69, 9.17) is 4.74 Å². The first-order chi connectivity index (χ1) is 8.67. The fourth-order valence-electron chi connectivity index (χ4n) is 1.83. The zero-order valence-electron chi connectivity index (χ0n) is 10.3. The van der Waals surface area contributed by atoms with Crippen LogP contribution in [0, 0.1) is 0 Å². The van der Waals surface area contributed by atoms with Crippen molar-refractivity contribution in [1.82, 2.24) is 0 Å². The van der Waals surface area contributed by atoms with E-state index in [0.29, 0.717) is 0 Å². The Morgan fingerprint density at radius 1 is 1.44 bits per heavy atom. The lowest BCUT2D eigenvalue weighted by Crippen LogP contribution is -2.04. The number of thiophene rings is 1. The van der Waals surface area contributed by atoms with Crippen LogP contribution >= 0.6 is 11.3 Å². The minimum atomic E-state index is -0.515. The molecule has 1 aromatic carbocycles. The highest BCUT2D eigenvalue weighted by molar-refractivity contribution is 7.13. The summed E-state index contributed by atoms with van der Waals surface area (Å²) >= 11 is 1.53. The fourth-order valence-corrected chi connectivity index (χ4v) is 2.58. The van der Waals surface area contributed by atoms with Crippen LogP contribution in [0.5, 0.6) is 5.75 Å². The number of carbonyl (C=O) groups is 1. The SMILES string of the molecule is CCc1cc(O)c(C(=O)OC)c(-c2cccs2)c1. The summed E-state index contributed by atoms with van der Waals surface area (Å²) in [5, 5.41) is 11.9. The molecule has 0 aliphatic carbocycles. The molecule has 0 saturated carbocycles. The molecule has 1 aromatic heterocycles. The lowest BCUT2D eigenvalue weighted by Gasteiger charge is -2.10. The van der Waals surface area contributed by atoms with Gasteiger partial charge >= 0.3 is 5.97 Å². The van der Waals surface area contributed by atoms with Crippen LogP contribution in [0.1, 0.15) is 22.8 Å². The summed E-state index contributed by atoms with van der Waals surface area (Å²) < 4.78 is 4.74. The monoisotopic (exact) mass is 262 g/mol. The molecular weight excluding hydrogens is 248 g/mol. The summed E-state index contributed by atoms with van der Waals surface area (Å²) in [5.74, 6) is -0.539. The third-order valence-electron chi connectivity index (χ3n) is 2.76. The molecule has 1 heterocycles. The van der Waals surface area contributed by atoms with Crippen molar-refractivity contribution < 1.29 is 14.6 Å². The van der Waals surface area contributed by atoms with Crippen molar-refractivity contribution in [3.05, 3.63) is 40.8 Å². The molecule has 0 radical (unpaired) electrons. The molecular formula is C14H14O3S. The number of benzene rings is 1. The lowest BCUT2D eigenvalue weighted by atomic mass is 10.00. The zero-order valence-corrected chi connectivity index (χ0v) is 11.1. The van der Waals surface area contributed by atoms with Crippen LogP contribution in [0.15, 0.2) is 29.6 Å². The molecule has 0 unspecified atom stereocenters. The number of esters is 1. The van der Waals surface area contributed by atoms with Gasteiger partial charge in [-0.15, -0.1) is 11.3 Å². The summed E-state index contributed by atoms with van der Waals surface area (Å²) in [7, 11) is 1.31. The highest BCUT2D eigenvalue weighted by atomic mass is 32.1. The van der Waals surface area contributed by atoms with Gasteiger partial charge in [0.2, 0.25) is 0 Å². The molecule has 0 aliphatic heterocycles. The molecule has 94 valence electrons. The van der Waals surface area contributed by atoms with Gasteiger partial charge in [0.05, 0.1) is 7.11 Å². The number of carbonyl (C=O) groups excluding carboxylic acids is 1. The Labute approximate surface area is 110 Å². The van der Waals surface area contributed by atoms with Crippen LogP contribution in [0.2, 0.25) is 0 Å². The quantitative estimate of drug-likeness (QED) is 0.861. The third-order valence-corrected chi connectivity index (χ3v) is 3.66. The van der Waals surface area contributed by atoms with Gasteiger partial charge in [-0.25, -0.2) is 4.79 Å². The van der Waals surface area contributed by atoms with E-state index in [9.17, 15) is 9.90 Å². The number of ether oxygens (including phenoxy) is 1. The van der Waals surface area contributed by atoms with E-state index in [2.05, 4.69) is 0 Å². The van der Waals surface area contributed by atoms with Crippen molar-refractivity contribution >= 4 is 17.3 Å². The van der Waals surface area contributed by atoms with Crippen LogP contribution < -0.4 is 0 Å². The van der Waals surface area contributed by atoms with Crippen LogP contribution in [0.25, 0.3) is 10.4 Å². The van der Waals surface area contributed by atoms with Gasteiger partial charge in [0.15, 0.2) is 0 Å². The Kier molecular flexibility index (Phi) is 3.67. The number of aryl methyl sites for hydroxylation is 1. The topological polar surface area (TPSA) is 46.5 Å². The molecule has 0 saturated heterocycles. The molecule has 2 aromatic rings. The van der Waals surface area contributed by atoms with E-state index >= 15 is 0 Å². The van der Waals surface area contributed by atoms with Gasteiger partial charge in [-0.05, 0) is 35.6 Å². The number of hydrogen-bond acceptors (Lipinski definition) is 4. The number of phenolic OH excluding ortho intramolecular Hbond substituents is 1. The van der Waals surface area contributed by atoms with Gasteiger partial charge in [0.1, 0.15) is 11.3 Å².